The van der Waals surface area contributed by atoms with Crippen LogP contribution in [0.25, 0.3) is 10.8 Å². The topological polar surface area (TPSA) is 15.3 Å². The third kappa shape index (κ3) is 5.20. The molecule has 23 heavy (non-hydrogen) atoms. The van der Waals surface area contributed by atoms with E-state index in [1.165, 1.54) is 68.2 Å². The Morgan fingerprint density at radius 1 is 1.04 bits per heavy atom. The molecule has 2 aromatic rings. The predicted octanol–water partition coefficient (Wildman–Crippen LogP) is 4.13. The van der Waals surface area contributed by atoms with E-state index < -0.39 is 0 Å². The molecular formula is C20H29ClN2. The fraction of sp³-hybridized carbons (Fsp3) is 0.500. The van der Waals surface area contributed by atoms with Crippen LogP contribution in [0.5, 0.6) is 0 Å². The van der Waals surface area contributed by atoms with Crippen LogP contribution in [0, 0.1) is 5.92 Å². The van der Waals surface area contributed by atoms with Gasteiger partial charge in [-0.2, -0.15) is 0 Å². The van der Waals surface area contributed by atoms with Gasteiger partial charge in [0.15, 0.2) is 0 Å². The van der Waals surface area contributed by atoms with Crippen molar-refractivity contribution in [3.05, 3.63) is 48.0 Å². The van der Waals surface area contributed by atoms with Gasteiger partial charge in [0.2, 0.25) is 0 Å². The van der Waals surface area contributed by atoms with Gasteiger partial charge in [-0.1, -0.05) is 42.5 Å². The molecule has 2 nitrogen and oxygen atoms in total. The summed E-state index contributed by atoms with van der Waals surface area (Å²) in [5.41, 5.74) is 1.47. The highest BCUT2D eigenvalue weighted by atomic mass is 35.5. The van der Waals surface area contributed by atoms with Crippen molar-refractivity contribution in [2.75, 3.05) is 33.2 Å². The highest BCUT2D eigenvalue weighted by Gasteiger charge is 2.18. The van der Waals surface area contributed by atoms with E-state index in [0.717, 1.165) is 5.92 Å². The van der Waals surface area contributed by atoms with E-state index in [4.69, 9.17) is 0 Å². The van der Waals surface area contributed by atoms with Crippen LogP contribution in [-0.4, -0.2) is 38.1 Å². The number of benzene rings is 2. The third-order valence-electron chi connectivity index (χ3n) is 5.04. The lowest BCUT2D eigenvalue weighted by Gasteiger charge is -2.32. The molecule has 0 aromatic heterocycles. The molecule has 0 spiro atoms. The largest absolute Gasteiger partial charge is 0.320 e. The van der Waals surface area contributed by atoms with Gasteiger partial charge in [-0.05, 0) is 74.6 Å². The maximum atomic E-state index is 3.27. The summed E-state index contributed by atoms with van der Waals surface area (Å²) in [5, 5.41) is 5.98. The van der Waals surface area contributed by atoms with Crippen molar-refractivity contribution in [3.63, 3.8) is 0 Å². The van der Waals surface area contributed by atoms with Crippen molar-refractivity contribution in [1.82, 2.24) is 10.2 Å². The molecule has 2 aromatic carbocycles. The summed E-state index contributed by atoms with van der Waals surface area (Å²) in [6.45, 7) is 4.93. The summed E-state index contributed by atoms with van der Waals surface area (Å²) in [7, 11) is 2.05. The summed E-state index contributed by atoms with van der Waals surface area (Å²) in [4.78, 5) is 2.64. The second-order valence-corrected chi connectivity index (χ2v) is 6.61. The lowest BCUT2D eigenvalue weighted by Crippen LogP contribution is -2.35. The Hall–Kier alpha value is -1.09. The summed E-state index contributed by atoms with van der Waals surface area (Å²) in [6.07, 6.45) is 5.26. The van der Waals surface area contributed by atoms with Gasteiger partial charge in [-0.15, -0.1) is 12.4 Å². The molecule has 0 atom stereocenters. The number of hydrogen-bond acceptors (Lipinski definition) is 2. The van der Waals surface area contributed by atoms with E-state index in [1.807, 2.05) is 0 Å². The second-order valence-electron chi connectivity index (χ2n) is 6.61. The molecule has 0 saturated carbocycles. The van der Waals surface area contributed by atoms with Gasteiger partial charge in [0, 0.05) is 6.54 Å². The molecule has 0 amide bonds. The number of nitrogens with zero attached hydrogens (tertiary/aromatic N) is 1. The number of fused-ring (bicyclic) bond motifs is 1. The van der Waals surface area contributed by atoms with Crippen molar-refractivity contribution >= 4 is 23.2 Å². The fourth-order valence-electron chi connectivity index (χ4n) is 3.53. The van der Waals surface area contributed by atoms with E-state index in [-0.39, 0.29) is 12.4 Å². The Bertz CT molecular complexity index is 591. The summed E-state index contributed by atoms with van der Waals surface area (Å²) in [5.74, 6) is 0.935. The van der Waals surface area contributed by atoms with Crippen molar-refractivity contribution in [1.29, 1.82) is 0 Å². The van der Waals surface area contributed by atoms with Crippen LogP contribution in [0.1, 0.15) is 24.8 Å². The minimum Gasteiger partial charge on any atom is -0.320 e. The second kappa shape index (κ2) is 9.27. The molecule has 1 aliphatic heterocycles. The molecule has 1 fully saturated rings. The average molecular weight is 333 g/mol. The molecule has 126 valence electrons. The van der Waals surface area contributed by atoms with Crippen molar-refractivity contribution in [2.45, 2.75) is 25.7 Å². The highest BCUT2D eigenvalue weighted by Crippen LogP contribution is 2.21. The van der Waals surface area contributed by atoms with E-state index in [1.54, 1.807) is 0 Å². The van der Waals surface area contributed by atoms with Gasteiger partial charge in [-0.25, -0.2) is 0 Å². The summed E-state index contributed by atoms with van der Waals surface area (Å²) < 4.78 is 0. The fourth-order valence-corrected chi connectivity index (χ4v) is 3.53. The normalized spacial score (nSPS) is 16.4. The van der Waals surface area contributed by atoms with Crippen LogP contribution >= 0.6 is 12.4 Å². The molecule has 0 unspecified atom stereocenters. The van der Waals surface area contributed by atoms with Crippen LogP contribution in [-0.2, 0) is 6.42 Å². The molecule has 0 bridgehead atoms. The van der Waals surface area contributed by atoms with E-state index in [2.05, 4.69) is 59.7 Å². The molecule has 1 aliphatic rings. The Morgan fingerprint density at radius 2 is 1.78 bits per heavy atom. The van der Waals surface area contributed by atoms with E-state index >= 15 is 0 Å². The van der Waals surface area contributed by atoms with Gasteiger partial charge in [0.25, 0.3) is 0 Å². The van der Waals surface area contributed by atoms with Gasteiger partial charge >= 0.3 is 0 Å². The number of likely N-dealkylation sites (tertiary alicyclic amines) is 1. The first-order valence-corrected chi connectivity index (χ1v) is 8.70. The van der Waals surface area contributed by atoms with Crippen LogP contribution < -0.4 is 5.32 Å². The molecule has 0 radical (unpaired) electrons. The van der Waals surface area contributed by atoms with Gasteiger partial charge in [0.05, 0.1) is 0 Å². The Balaban J connectivity index is 0.00000192. The molecular weight excluding hydrogens is 304 g/mol. The molecule has 1 N–H and O–H groups in total. The summed E-state index contributed by atoms with van der Waals surface area (Å²) >= 11 is 0. The molecule has 3 heteroatoms. The van der Waals surface area contributed by atoms with Gasteiger partial charge in [-0.3, -0.25) is 0 Å². The quantitative estimate of drug-likeness (QED) is 0.855. The number of rotatable bonds is 6. The van der Waals surface area contributed by atoms with E-state index in [0.29, 0.717) is 0 Å². The van der Waals surface area contributed by atoms with Gasteiger partial charge < -0.3 is 10.2 Å². The lowest BCUT2D eigenvalue weighted by atomic mass is 9.93. The maximum Gasteiger partial charge on any atom is 0.00218 e. The predicted molar refractivity (Wildman–Crippen MR) is 103 cm³/mol. The summed E-state index contributed by atoms with van der Waals surface area (Å²) in [6, 6.07) is 15.6. The van der Waals surface area contributed by atoms with Crippen LogP contribution in [0.15, 0.2) is 42.5 Å². The van der Waals surface area contributed by atoms with Crippen LogP contribution in [0.3, 0.4) is 0 Å². The number of piperidine rings is 1. The highest BCUT2D eigenvalue weighted by molar-refractivity contribution is 5.85. The maximum absolute atomic E-state index is 3.27. The van der Waals surface area contributed by atoms with E-state index in [9.17, 15) is 0 Å². The zero-order valence-corrected chi connectivity index (χ0v) is 14.9. The standard InChI is InChI=1S/C20H28N2.ClH/c1-21-12-8-17-9-13-22(14-10-17)15-11-18-6-7-19-4-2-3-5-20(19)16-18;/h2-7,16-17,21H,8-15H2,1H3;1H. The van der Waals surface area contributed by atoms with Crippen LogP contribution in [0.4, 0.5) is 0 Å². The molecule has 1 saturated heterocycles. The average Bonchev–Trinajstić information content (AvgIpc) is 2.59. The van der Waals surface area contributed by atoms with Crippen LogP contribution in [0.2, 0.25) is 0 Å². The lowest BCUT2D eigenvalue weighted by molar-refractivity contribution is 0.181. The van der Waals surface area contributed by atoms with Crippen molar-refractivity contribution in [2.24, 2.45) is 5.92 Å². The minimum atomic E-state index is 0. The first-order chi connectivity index (χ1) is 10.8. The number of halogens is 1. The zero-order valence-electron chi connectivity index (χ0n) is 14.1. The third-order valence-corrected chi connectivity index (χ3v) is 5.04. The van der Waals surface area contributed by atoms with Crippen molar-refractivity contribution < 1.29 is 0 Å². The zero-order chi connectivity index (χ0) is 15.2. The molecule has 0 aliphatic carbocycles. The first-order valence-electron chi connectivity index (χ1n) is 8.70. The van der Waals surface area contributed by atoms with Gasteiger partial charge in [0.1, 0.15) is 0 Å². The Kier molecular flexibility index (Phi) is 7.35. The molecule has 1 heterocycles. The first kappa shape index (κ1) is 18.3. The number of hydrogen-bond donors (Lipinski definition) is 1. The Morgan fingerprint density at radius 3 is 2.52 bits per heavy atom. The minimum absolute atomic E-state index is 0. The molecule has 3 rings (SSSR count). The number of nitrogens with one attached hydrogen (secondary N) is 1. The smallest absolute Gasteiger partial charge is 0.00218 e. The SMILES string of the molecule is CNCCC1CCN(CCc2ccc3ccccc3c2)CC1.Cl. The Labute approximate surface area is 146 Å². The monoisotopic (exact) mass is 332 g/mol. The van der Waals surface area contributed by atoms with Crippen molar-refractivity contribution in [3.8, 4) is 0 Å².